The van der Waals surface area contributed by atoms with E-state index in [1.807, 2.05) is 30.3 Å². The van der Waals surface area contributed by atoms with Gasteiger partial charge in [-0.2, -0.15) is 5.26 Å². The second-order valence-electron chi connectivity index (χ2n) is 4.18. The minimum Gasteiger partial charge on any atom is -0.384 e. The molecule has 0 saturated heterocycles. The second kappa shape index (κ2) is 3.43. The van der Waals surface area contributed by atoms with Crippen molar-refractivity contribution < 1.29 is 5.11 Å². The second-order valence-corrected chi connectivity index (χ2v) is 4.18. The van der Waals surface area contributed by atoms with Gasteiger partial charge >= 0.3 is 0 Å². The molecule has 0 aliphatic heterocycles. The maximum atomic E-state index is 10.3. The lowest BCUT2D eigenvalue weighted by molar-refractivity contribution is -0.0267. The molecule has 0 amide bonds. The van der Waals surface area contributed by atoms with Gasteiger partial charge in [0, 0.05) is 0 Å². The maximum Gasteiger partial charge on any atom is 0.105 e. The maximum absolute atomic E-state index is 10.3. The molecule has 0 fully saturated rings. The van der Waals surface area contributed by atoms with Crippen LogP contribution in [-0.2, 0) is 5.60 Å². The van der Waals surface area contributed by atoms with Gasteiger partial charge in [-0.3, -0.25) is 0 Å². The molecule has 0 saturated carbocycles. The third kappa shape index (κ3) is 1.64. The summed E-state index contributed by atoms with van der Waals surface area (Å²) in [7, 11) is 0. The fourth-order valence-corrected chi connectivity index (χ4v) is 1.23. The molecule has 0 bridgehead atoms. The van der Waals surface area contributed by atoms with Gasteiger partial charge in [0.25, 0.3) is 0 Å². The Morgan fingerprint density at radius 1 is 1.14 bits per heavy atom. The summed E-state index contributed by atoms with van der Waals surface area (Å²) >= 11 is 0. The van der Waals surface area contributed by atoms with Gasteiger partial charge in [0.05, 0.1) is 11.5 Å². The topological polar surface area (TPSA) is 44.0 Å². The van der Waals surface area contributed by atoms with Gasteiger partial charge in [0.2, 0.25) is 0 Å². The average Bonchev–Trinajstić information content (AvgIpc) is 2.19. The molecule has 2 heteroatoms. The van der Waals surface area contributed by atoms with Crippen molar-refractivity contribution in [2.24, 2.45) is 5.41 Å². The summed E-state index contributed by atoms with van der Waals surface area (Å²) in [5.74, 6) is 0. The van der Waals surface area contributed by atoms with Crippen LogP contribution in [0.4, 0.5) is 0 Å². The molecular formula is C12H15NO. The fraction of sp³-hybridized carbons (Fsp3) is 0.417. The highest BCUT2D eigenvalue weighted by atomic mass is 16.3. The highest BCUT2D eigenvalue weighted by Crippen LogP contribution is 2.38. The summed E-state index contributed by atoms with van der Waals surface area (Å²) in [5.41, 5.74) is -1.15. The molecule has 0 aliphatic rings. The van der Waals surface area contributed by atoms with Crippen LogP contribution < -0.4 is 0 Å². The molecule has 0 aliphatic carbocycles. The molecule has 0 aromatic heterocycles. The first-order chi connectivity index (χ1) is 6.42. The zero-order valence-electron chi connectivity index (χ0n) is 8.78. The summed E-state index contributed by atoms with van der Waals surface area (Å²) < 4.78 is 0. The quantitative estimate of drug-likeness (QED) is 0.776. The number of hydrogen-bond acceptors (Lipinski definition) is 2. The predicted molar refractivity (Wildman–Crippen MR) is 55.4 cm³/mol. The Morgan fingerprint density at radius 2 is 1.64 bits per heavy atom. The van der Waals surface area contributed by atoms with Crippen LogP contribution in [0.3, 0.4) is 0 Å². The van der Waals surface area contributed by atoms with Crippen molar-refractivity contribution in [2.45, 2.75) is 26.4 Å². The molecule has 14 heavy (non-hydrogen) atoms. The fourth-order valence-electron chi connectivity index (χ4n) is 1.23. The molecule has 74 valence electrons. The highest BCUT2D eigenvalue weighted by Gasteiger charge is 2.40. The van der Waals surface area contributed by atoms with Crippen LogP contribution in [0.25, 0.3) is 0 Å². The largest absolute Gasteiger partial charge is 0.384 e. The van der Waals surface area contributed by atoms with Crippen molar-refractivity contribution in [2.75, 3.05) is 0 Å². The lowest BCUT2D eigenvalue weighted by atomic mass is 9.73. The van der Waals surface area contributed by atoms with E-state index in [-0.39, 0.29) is 0 Å². The molecule has 0 spiro atoms. The van der Waals surface area contributed by atoms with Crippen LogP contribution in [0.5, 0.6) is 0 Å². The summed E-state index contributed by atoms with van der Waals surface area (Å²) in [6.07, 6.45) is 0. The van der Waals surface area contributed by atoms with Crippen molar-refractivity contribution in [1.82, 2.24) is 0 Å². The van der Waals surface area contributed by atoms with E-state index >= 15 is 0 Å². The van der Waals surface area contributed by atoms with E-state index in [1.54, 1.807) is 20.8 Å². The van der Waals surface area contributed by atoms with E-state index in [0.29, 0.717) is 0 Å². The lowest BCUT2D eigenvalue weighted by Gasteiger charge is -2.34. The molecular weight excluding hydrogens is 174 g/mol. The Morgan fingerprint density at radius 3 is 2.07 bits per heavy atom. The van der Waals surface area contributed by atoms with Crippen molar-refractivity contribution in [3.05, 3.63) is 35.9 Å². The van der Waals surface area contributed by atoms with E-state index in [4.69, 9.17) is 5.26 Å². The average molecular weight is 189 g/mol. The van der Waals surface area contributed by atoms with Crippen LogP contribution in [0, 0.1) is 16.7 Å². The Labute approximate surface area is 84.8 Å². The van der Waals surface area contributed by atoms with E-state index in [0.717, 1.165) is 5.56 Å². The van der Waals surface area contributed by atoms with Gasteiger partial charge in [-0.25, -0.2) is 0 Å². The lowest BCUT2D eigenvalue weighted by Crippen LogP contribution is -2.38. The highest BCUT2D eigenvalue weighted by molar-refractivity contribution is 5.26. The Bertz CT molecular complexity index is 346. The molecule has 0 heterocycles. The van der Waals surface area contributed by atoms with Gasteiger partial charge < -0.3 is 5.11 Å². The molecule has 1 aromatic rings. The Balaban J connectivity index is 3.16. The Kier molecular flexibility index (Phi) is 2.64. The van der Waals surface area contributed by atoms with Gasteiger partial charge in [-0.1, -0.05) is 30.3 Å². The SMILES string of the molecule is CC(C)(C#N)[C@@](C)(O)c1ccccc1. The molecule has 1 N–H and O–H groups in total. The molecule has 2 nitrogen and oxygen atoms in total. The van der Waals surface area contributed by atoms with E-state index < -0.39 is 11.0 Å². The summed E-state index contributed by atoms with van der Waals surface area (Å²) in [6.45, 7) is 5.14. The Hall–Kier alpha value is -1.33. The van der Waals surface area contributed by atoms with Crippen LogP contribution >= 0.6 is 0 Å². The molecule has 1 rings (SSSR count). The number of nitriles is 1. The molecule has 0 unspecified atom stereocenters. The van der Waals surface area contributed by atoms with Crippen LogP contribution in [-0.4, -0.2) is 5.11 Å². The number of rotatable bonds is 2. The zero-order chi connectivity index (χ0) is 10.8. The van der Waals surface area contributed by atoms with Crippen LogP contribution in [0.1, 0.15) is 26.3 Å². The molecule has 1 atom stereocenters. The minimum atomic E-state index is -1.12. The van der Waals surface area contributed by atoms with Crippen molar-refractivity contribution >= 4 is 0 Å². The monoisotopic (exact) mass is 189 g/mol. The first-order valence-corrected chi connectivity index (χ1v) is 4.61. The van der Waals surface area contributed by atoms with Crippen LogP contribution in [0.15, 0.2) is 30.3 Å². The number of benzene rings is 1. The third-order valence-corrected chi connectivity index (χ3v) is 2.83. The minimum absolute atomic E-state index is 0.770. The standard InChI is InChI=1S/C12H15NO/c1-11(2,9-13)12(3,14)10-7-5-4-6-8-10/h4-8,14H,1-3H3/t12-/m0/s1. The van der Waals surface area contributed by atoms with Gasteiger partial charge in [0.15, 0.2) is 0 Å². The van der Waals surface area contributed by atoms with E-state index in [9.17, 15) is 5.11 Å². The van der Waals surface area contributed by atoms with Gasteiger partial charge in [-0.15, -0.1) is 0 Å². The van der Waals surface area contributed by atoms with Crippen molar-refractivity contribution in [1.29, 1.82) is 5.26 Å². The van der Waals surface area contributed by atoms with E-state index in [2.05, 4.69) is 6.07 Å². The summed E-state index contributed by atoms with van der Waals surface area (Å²) in [4.78, 5) is 0. The first-order valence-electron chi connectivity index (χ1n) is 4.61. The number of aliphatic hydroxyl groups is 1. The molecule has 0 radical (unpaired) electrons. The summed E-state index contributed by atoms with van der Waals surface area (Å²) in [5, 5.41) is 19.3. The van der Waals surface area contributed by atoms with E-state index in [1.165, 1.54) is 0 Å². The summed E-state index contributed by atoms with van der Waals surface area (Å²) in [6, 6.07) is 11.4. The first kappa shape index (κ1) is 10.7. The van der Waals surface area contributed by atoms with Crippen molar-refractivity contribution in [3.8, 4) is 6.07 Å². The molecule has 1 aromatic carbocycles. The van der Waals surface area contributed by atoms with Crippen LogP contribution in [0.2, 0.25) is 0 Å². The van der Waals surface area contributed by atoms with Gasteiger partial charge in [0.1, 0.15) is 5.60 Å². The van der Waals surface area contributed by atoms with Gasteiger partial charge in [-0.05, 0) is 26.3 Å². The third-order valence-electron chi connectivity index (χ3n) is 2.83. The smallest absolute Gasteiger partial charge is 0.105 e. The zero-order valence-corrected chi connectivity index (χ0v) is 8.78. The normalized spacial score (nSPS) is 15.6. The van der Waals surface area contributed by atoms with Crippen molar-refractivity contribution in [3.63, 3.8) is 0 Å². The predicted octanol–water partition coefficient (Wildman–Crippen LogP) is 2.44. The number of hydrogen-bond donors (Lipinski definition) is 1. The number of nitrogens with zero attached hydrogens (tertiary/aromatic N) is 1.